The Morgan fingerprint density at radius 3 is 2.94 bits per heavy atom. The van der Waals surface area contributed by atoms with E-state index in [1.807, 2.05) is 16.9 Å². The first kappa shape index (κ1) is 12.7. The van der Waals surface area contributed by atoms with E-state index >= 15 is 0 Å². The van der Waals surface area contributed by atoms with Gasteiger partial charge in [0.05, 0.1) is 12.2 Å². The minimum Gasteiger partial charge on any atom is -0.304 e. The first-order valence-corrected chi connectivity index (χ1v) is 6.29. The Hall–Kier alpha value is -1.75. The first-order valence-electron chi connectivity index (χ1n) is 6.29. The molecular weight excluding hydrogens is 226 g/mol. The van der Waals surface area contributed by atoms with E-state index in [2.05, 4.69) is 40.3 Å². The van der Waals surface area contributed by atoms with Crippen molar-refractivity contribution >= 4 is 0 Å². The maximum absolute atomic E-state index is 4.35. The highest BCUT2D eigenvalue weighted by Crippen LogP contribution is 2.03. The van der Waals surface area contributed by atoms with E-state index in [-0.39, 0.29) is 0 Å². The normalized spacial score (nSPS) is 10.8. The number of hydrogen-bond acceptors (Lipinski definition) is 4. The summed E-state index contributed by atoms with van der Waals surface area (Å²) in [6, 6.07) is 4.03. The summed E-state index contributed by atoms with van der Waals surface area (Å²) in [6.07, 6.45) is 4.50. The molecule has 1 N–H and O–H groups in total. The highest BCUT2D eigenvalue weighted by molar-refractivity contribution is 5.17. The molecule has 0 spiro atoms. The monoisotopic (exact) mass is 245 g/mol. The fourth-order valence-electron chi connectivity index (χ4n) is 1.82. The second-order valence-corrected chi connectivity index (χ2v) is 4.27. The van der Waals surface area contributed by atoms with Crippen LogP contribution in [0.2, 0.25) is 0 Å². The summed E-state index contributed by atoms with van der Waals surface area (Å²) >= 11 is 0. The molecule has 0 saturated heterocycles. The summed E-state index contributed by atoms with van der Waals surface area (Å²) in [5.41, 5.74) is 2.29. The van der Waals surface area contributed by atoms with Crippen molar-refractivity contribution in [3.63, 3.8) is 0 Å². The first-order chi connectivity index (χ1) is 8.81. The largest absolute Gasteiger partial charge is 0.304 e. The smallest absolute Gasteiger partial charge is 0.140 e. The number of nitrogens with zero attached hydrogens (tertiary/aromatic N) is 4. The van der Waals surface area contributed by atoms with E-state index in [0.29, 0.717) is 0 Å². The van der Waals surface area contributed by atoms with Gasteiger partial charge < -0.3 is 5.32 Å². The van der Waals surface area contributed by atoms with Gasteiger partial charge in [0.15, 0.2) is 0 Å². The summed E-state index contributed by atoms with van der Waals surface area (Å²) < 4.78 is 1.94. The molecular formula is C13H19N5. The molecule has 2 rings (SSSR count). The van der Waals surface area contributed by atoms with E-state index in [0.717, 1.165) is 37.6 Å². The fourth-order valence-corrected chi connectivity index (χ4v) is 1.82. The van der Waals surface area contributed by atoms with E-state index in [4.69, 9.17) is 0 Å². The van der Waals surface area contributed by atoms with Crippen molar-refractivity contribution in [1.82, 2.24) is 25.1 Å². The number of aromatic nitrogens is 4. The molecule has 5 heteroatoms. The van der Waals surface area contributed by atoms with E-state index < -0.39 is 0 Å². The van der Waals surface area contributed by atoms with Gasteiger partial charge in [-0.15, -0.1) is 0 Å². The second-order valence-electron chi connectivity index (χ2n) is 4.27. The van der Waals surface area contributed by atoms with Crippen molar-refractivity contribution in [2.75, 3.05) is 0 Å². The number of rotatable bonds is 6. The molecule has 0 aliphatic heterocycles. The van der Waals surface area contributed by atoms with Gasteiger partial charge in [0.2, 0.25) is 0 Å². The molecule has 0 aliphatic carbocycles. The van der Waals surface area contributed by atoms with Crippen LogP contribution in [0.15, 0.2) is 24.7 Å². The summed E-state index contributed by atoms with van der Waals surface area (Å²) in [5, 5.41) is 7.56. The van der Waals surface area contributed by atoms with Crippen LogP contribution >= 0.6 is 0 Å². The van der Waals surface area contributed by atoms with Crippen LogP contribution in [0, 0.1) is 6.92 Å². The Balaban J connectivity index is 1.88. The van der Waals surface area contributed by atoms with Crippen molar-refractivity contribution in [2.45, 2.75) is 39.9 Å². The van der Waals surface area contributed by atoms with Crippen LogP contribution < -0.4 is 5.32 Å². The van der Waals surface area contributed by atoms with Crippen molar-refractivity contribution in [2.24, 2.45) is 0 Å². The third-order valence-corrected chi connectivity index (χ3v) is 2.82. The van der Waals surface area contributed by atoms with Crippen LogP contribution in [0.3, 0.4) is 0 Å². The zero-order valence-corrected chi connectivity index (χ0v) is 10.9. The van der Waals surface area contributed by atoms with Gasteiger partial charge in [-0.05, 0) is 25.0 Å². The lowest BCUT2D eigenvalue weighted by Crippen LogP contribution is -2.18. The average Bonchev–Trinajstić information content (AvgIpc) is 2.80. The Morgan fingerprint density at radius 1 is 1.28 bits per heavy atom. The van der Waals surface area contributed by atoms with Crippen LogP contribution in [0.5, 0.6) is 0 Å². The lowest BCUT2D eigenvalue weighted by atomic mass is 10.2. The maximum Gasteiger partial charge on any atom is 0.140 e. The van der Waals surface area contributed by atoms with Crippen molar-refractivity contribution in [3.8, 4) is 0 Å². The molecule has 0 amide bonds. The Kier molecular flexibility index (Phi) is 4.41. The van der Waals surface area contributed by atoms with Crippen LogP contribution in [0.4, 0.5) is 0 Å². The summed E-state index contributed by atoms with van der Waals surface area (Å²) in [5.74, 6) is 0.977. The maximum atomic E-state index is 4.35. The van der Waals surface area contributed by atoms with Gasteiger partial charge in [-0.1, -0.05) is 13.0 Å². The van der Waals surface area contributed by atoms with Crippen LogP contribution in [-0.4, -0.2) is 19.7 Å². The quantitative estimate of drug-likeness (QED) is 0.841. The highest BCUT2D eigenvalue weighted by atomic mass is 15.3. The molecule has 0 radical (unpaired) electrons. The molecule has 2 aromatic heterocycles. The summed E-state index contributed by atoms with van der Waals surface area (Å²) in [4.78, 5) is 8.61. The Bertz CT molecular complexity index is 492. The summed E-state index contributed by atoms with van der Waals surface area (Å²) in [7, 11) is 0. The predicted octanol–water partition coefficient (Wildman–Crippen LogP) is 1.68. The standard InChI is InChI=1S/C13H19N5/c1-3-7-18-13(16-10-17-18)9-14-8-12-11(2)5-4-6-15-12/h4-6,10,14H,3,7-9H2,1-2H3. The molecule has 0 aromatic carbocycles. The van der Waals surface area contributed by atoms with Gasteiger partial charge in [0.1, 0.15) is 12.2 Å². The molecule has 0 bridgehead atoms. The average molecular weight is 245 g/mol. The molecule has 0 saturated carbocycles. The topological polar surface area (TPSA) is 55.6 Å². The highest BCUT2D eigenvalue weighted by Gasteiger charge is 2.03. The lowest BCUT2D eigenvalue weighted by Gasteiger charge is -2.07. The van der Waals surface area contributed by atoms with Gasteiger partial charge in [0, 0.05) is 19.3 Å². The van der Waals surface area contributed by atoms with Crippen LogP contribution in [-0.2, 0) is 19.6 Å². The fraction of sp³-hybridized carbons (Fsp3) is 0.462. The molecule has 2 aromatic rings. The predicted molar refractivity (Wildman–Crippen MR) is 69.8 cm³/mol. The second kappa shape index (κ2) is 6.26. The molecule has 96 valence electrons. The van der Waals surface area contributed by atoms with Crippen LogP contribution in [0.25, 0.3) is 0 Å². The third-order valence-electron chi connectivity index (χ3n) is 2.82. The Labute approximate surface area is 107 Å². The zero-order chi connectivity index (χ0) is 12.8. The van der Waals surface area contributed by atoms with Gasteiger partial charge >= 0.3 is 0 Å². The number of hydrogen-bond donors (Lipinski definition) is 1. The van der Waals surface area contributed by atoms with Crippen LogP contribution in [0.1, 0.15) is 30.4 Å². The van der Waals surface area contributed by atoms with Gasteiger partial charge in [0.25, 0.3) is 0 Å². The van der Waals surface area contributed by atoms with Crippen molar-refractivity contribution in [3.05, 3.63) is 41.7 Å². The molecule has 0 fully saturated rings. The minimum atomic E-state index is 0.718. The SMILES string of the molecule is CCCn1ncnc1CNCc1ncccc1C. The number of aryl methyl sites for hydroxylation is 2. The molecule has 0 atom stereocenters. The van der Waals surface area contributed by atoms with E-state index in [9.17, 15) is 0 Å². The number of nitrogens with one attached hydrogen (secondary N) is 1. The Morgan fingerprint density at radius 2 is 2.17 bits per heavy atom. The van der Waals surface area contributed by atoms with Gasteiger partial charge in [-0.3, -0.25) is 4.98 Å². The molecule has 18 heavy (non-hydrogen) atoms. The van der Waals surface area contributed by atoms with Gasteiger partial charge in [-0.25, -0.2) is 9.67 Å². The minimum absolute atomic E-state index is 0.718. The van der Waals surface area contributed by atoms with E-state index in [1.165, 1.54) is 5.56 Å². The summed E-state index contributed by atoms with van der Waals surface area (Å²) in [6.45, 7) is 6.60. The molecule has 2 heterocycles. The third kappa shape index (κ3) is 3.13. The molecule has 0 unspecified atom stereocenters. The van der Waals surface area contributed by atoms with Gasteiger partial charge in [-0.2, -0.15) is 5.10 Å². The zero-order valence-electron chi connectivity index (χ0n) is 10.9. The number of pyridine rings is 1. The van der Waals surface area contributed by atoms with Crippen molar-refractivity contribution < 1.29 is 0 Å². The van der Waals surface area contributed by atoms with E-state index in [1.54, 1.807) is 6.33 Å². The lowest BCUT2D eigenvalue weighted by molar-refractivity contribution is 0.540. The molecule has 5 nitrogen and oxygen atoms in total. The molecule has 0 aliphatic rings. The van der Waals surface area contributed by atoms with Crippen molar-refractivity contribution in [1.29, 1.82) is 0 Å².